The zero-order chi connectivity index (χ0) is 15.8. The Balaban J connectivity index is 2.58. The molecule has 114 valence electrons. The molecule has 21 heavy (non-hydrogen) atoms. The summed E-state index contributed by atoms with van der Waals surface area (Å²) in [5.74, 6) is 0. The number of rotatable bonds is 4. The summed E-state index contributed by atoms with van der Waals surface area (Å²) in [6.07, 6.45) is 1.06. The Kier molecular flexibility index (Phi) is 3.70. The molecule has 0 aliphatic heterocycles. The number of H-pyrrole nitrogens is 2. The van der Waals surface area contributed by atoms with E-state index in [-0.39, 0.29) is 22.5 Å². The van der Waals surface area contributed by atoms with Crippen LogP contribution in [0, 0.1) is 0 Å². The average molecular weight is 313 g/mol. The third kappa shape index (κ3) is 3.17. The molecule has 2 heterocycles. The molecule has 5 N–H and O–H groups in total. The lowest BCUT2D eigenvalue weighted by Crippen LogP contribution is -2.48. The third-order valence-corrected chi connectivity index (χ3v) is 4.46. The van der Waals surface area contributed by atoms with Crippen LogP contribution in [0.4, 0.5) is 0 Å². The van der Waals surface area contributed by atoms with E-state index in [0.717, 1.165) is 12.3 Å². The van der Waals surface area contributed by atoms with E-state index in [0.29, 0.717) is 0 Å². The van der Waals surface area contributed by atoms with Crippen molar-refractivity contribution in [3.05, 3.63) is 33.1 Å². The largest absolute Gasteiger partial charge is 0.329 e. The predicted molar refractivity (Wildman–Crippen MR) is 76.4 cm³/mol. The van der Waals surface area contributed by atoms with Gasteiger partial charge in [-0.3, -0.25) is 14.8 Å². The maximum atomic E-state index is 12.2. The average Bonchev–Trinajstić information content (AvgIpc) is 2.37. The molecule has 0 fully saturated rings. The third-order valence-electron chi connectivity index (χ3n) is 2.80. The first kappa shape index (κ1) is 15.4. The summed E-state index contributed by atoms with van der Waals surface area (Å²) in [7, 11) is -3.89. The highest BCUT2D eigenvalue weighted by atomic mass is 32.2. The van der Waals surface area contributed by atoms with Gasteiger partial charge in [0.25, 0.3) is 5.56 Å². The van der Waals surface area contributed by atoms with Crippen molar-refractivity contribution >= 4 is 21.1 Å². The number of sulfonamides is 1. The van der Waals surface area contributed by atoms with E-state index in [1.54, 1.807) is 13.8 Å². The Hall–Kier alpha value is -2.04. The summed E-state index contributed by atoms with van der Waals surface area (Å²) >= 11 is 0. The molecule has 10 heteroatoms. The second-order valence-electron chi connectivity index (χ2n) is 5.17. The summed E-state index contributed by atoms with van der Waals surface area (Å²) < 4.78 is 26.9. The van der Waals surface area contributed by atoms with E-state index in [9.17, 15) is 18.0 Å². The Bertz CT molecular complexity index is 897. The second kappa shape index (κ2) is 5.06. The number of nitrogens with zero attached hydrogens (tertiary/aromatic N) is 1. The molecule has 2 aromatic heterocycles. The number of nitrogens with two attached hydrogens (primary N) is 1. The Labute approximate surface area is 119 Å². The summed E-state index contributed by atoms with van der Waals surface area (Å²) in [6, 6.07) is 1.14. The normalized spacial score (nSPS) is 12.7. The number of aromatic nitrogens is 3. The molecule has 0 atom stereocenters. The first-order valence-corrected chi connectivity index (χ1v) is 7.49. The Morgan fingerprint density at radius 2 is 2.00 bits per heavy atom. The number of pyridine rings is 1. The molecular weight excluding hydrogens is 298 g/mol. The van der Waals surface area contributed by atoms with Crippen molar-refractivity contribution in [2.24, 2.45) is 5.73 Å². The minimum Gasteiger partial charge on any atom is -0.329 e. The van der Waals surface area contributed by atoms with Gasteiger partial charge in [-0.25, -0.2) is 22.9 Å². The van der Waals surface area contributed by atoms with Gasteiger partial charge in [-0.2, -0.15) is 0 Å². The molecule has 0 amide bonds. The molecule has 2 rings (SSSR count). The molecule has 2 aromatic rings. The topological polar surface area (TPSA) is 151 Å². The van der Waals surface area contributed by atoms with Crippen molar-refractivity contribution in [3.8, 4) is 0 Å². The van der Waals surface area contributed by atoms with Crippen molar-refractivity contribution in [3.63, 3.8) is 0 Å². The molecule has 0 aromatic carbocycles. The van der Waals surface area contributed by atoms with E-state index in [1.165, 1.54) is 0 Å². The van der Waals surface area contributed by atoms with Gasteiger partial charge in [0, 0.05) is 18.3 Å². The van der Waals surface area contributed by atoms with E-state index in [4.69, 9.17) is 5.73 Å². The molecule has 0 saturated carbocycles. The van der Waals surface area contributed by atoms with Crippen molar-refractivity contribution in [2.45, 2.75) is 24.3 Å². The van der Waals surface area contributed by atoms with Crippen LogP contribution in [0.1, 0.15) is 13.8 Å². The molecule has 0 aliphatic carbocycles. The number of aromatic amines is 2. The van der Waals surface area contributed by atoms with Crippen molar-refractivity contribution < 1.29 is 8.42 Å². The SMILES string of the molecule is CC(C)(CN)NS(=O)(=O)c1cnc2[nH]c(=O)[nH]c(=O)c2c1. The summed E-state index contributed by atoms with van der Waals surface area (Å²) in [5.41, 5.74) is 3.24. The smallest absolute Gasteiger partial charge is 0.327 e. The zero-order valence-electron chi connectivity index (χ0n) is 11.4. The fourth-order valence-electron chi connectivity index (χ4n) is 1.64. The molecule has 9 nitrogen and oxygen atoms in total. The van der Waals surface area contributed by atoms with Crippen molar-refractivity contribution in [2.75, 3.05) is 6.54 Å². The van der Waals surface area contributed by atoms with Gasteiger partial charge in [0.2, 0.25) is 10.0 Å². The van der Waals surface area contributed by atoms with Crippen LogP contribution >= 0.6 is 0 Å². The standard InChI is InChI=1S/C11H15N5O4S/c1-11(2,5-12)16-21(19,20)6-3-7-8(13-4-6)14-10(18)15-9(7)17/h3-4,16H,5,12H2,1-2H3,(H2,13,14,15,17,18). The summed E-state index contributed by atoms with van der Waals surface area (Å²) in [5, 5.41) is -0.0250. The maximum Gasteiger partial charge on any atom is 0.327 e. The van der Waals surface area contributed by atoms with Crippen LogP contribution in [0.3, 0.4) is 0 Å². The molecule has 0 saturated heterocycles. The van der Waals surface area contributed by atoms with E-state index < -0.39 is 26.8 Å². The van der Waals surface area contributed by atoms with Crippen molar-refractivity contribution in [1.82, 2.24) is 19.7 Å². The highest BCUT2D eigenvalue weighted by Gasteiger charge is 2.25. The van der Waals surface area contributed by atoms with Gasteiger partial charge in [-0.05, 0) is 19.9 Å². The lowest BCUT2D eigenvalue weighted by atomic mass is 10.1. The highest BCUT2D eigenvalue weighted by molar-refractivity contribution is 7.89. The predicted octanol–water partition coefficient (Wildman–Crippen LogP) is -1.37. The van der Waals surface area contributed by atoms with Crippen LogP contribution in [0.2, 0.25) is 0 Å². The van der Waals surface area contributed by atoms with Crippen LogP contribution in [-0.2, 0) is 10.0 Å². The summed E-state index contributed by atoms with van der Waals surface area (Å²) in [6.45, 7) is 3.35. The molecule has 0 spiro atoms. The first-order valence-electron chi connectivity index (χ1n) is 6.01. The molecule has 0 unspecified atom stereocenters. The maximum absolute atomic E-state index is 12.2. The lowest BCUT2D eigenvalue weighted by Gasteiger charge is -2.23. The Morgan fingerprint density at radius 1 is 1.33 bits per heavy atom. The van der Waals surface area contributed by atoms with Gasteiger partial charge in [0.05, 0.1) is 5.39 Å². The van der Waals surface area contributed by atoms with Gasteiger partial charge in [0.1, 0.15) is 10.5 Å². The highest BCUT2D eigenvalue weighted by Crippen LogP contribution is 2.14. The quantitative estimate of drug-likeness (QED) is 0.546. The van der Waals surface area contributed by atoms with Crippen LogP contribution in [0.15, 0.2) is 26.7 Å². The fourth-order valence-corrected chi connectivity index (χ4v) is 3.03. The number of hydrogen-bond acceptors (Lipinski definition) is 6. The molecule has 0 aliphatic rings. The number of fused-ring (bicyclic) bond motifs is 1. The fraction of sp³-hybridized carbons (Fsp3) is 0.364. The van der Waals surface area contributed by atoms with Gasteiger partial charge in [-0.15, -0.1) is 0 Å². The second-order valence-corrected chi connectivity index (χ2v) is 6.85. The number of nitrogens with one attached hydrogen (secondary N) is 3. The Morgan fingerprint density at radius 3 is 2.62 bits per heavy atom. The number of hydrogen-bond donors (Lipinski definition) is 4. The molecule has 0 bridgehead atoms. The van der Waals surface area contributed by atoms with Crippen molar-refractivity contribution in [1.29, 1.82) is 0 Å². The van der Waals surface area contributed by atoms with Crippen LogP contribution in [0.5, 0.6) is 0 Å². The van der Waals surface area contributed by atoms with Gasteiger partial charge in [-0.1, -0.05) is 0 Å². The monoisotopic (exact) mass is 313 g/mol. The van der Waals surface area contributed by atoms with E-state index in [1.807, 2.05) is 4.98 Å². The van der Waals surface area contributed by atoms with Crippen LogP contribution in [0.25, 0.3) is 11.0 Å². The molecular formula is C11H15N5O4S. The molecule has 0 radical (unpaired) electrons. The van der Waals surface area contributed by atoms with Crippen LogP contribution < -0.4 is 21.7 Å². The van der Waals surface area contributed by atoms with Gasteiger partial charge in [0.15, 0.2) is 0 Å². The first-order chi connectivity index (χ1) is 9.64. The minimum atomic E-state index is -3.89. The minimum absolute atomic E-state index is 0.0146. The van der Waals surface area contributed by atoms with Crippen LogP contribution in [-0.4, -0.2) is 35.5 Å². The van der Waals surface area contributed by atoms with Gasteiger partial charge < -0.3 is 5.73 Å². The van der Waals surface area contributed by atoms with E-state index >= 15 is 0 Å². The lowest BCUT2D eigenvalue weighted by molar-refractivity contribution is 0.462. The zero-order valence-corrected chi connectivity index (χ0v) is 12.2. The summed E-state index contributed by atoms with van der Waals surface area (Å²) in [4.78, 5) is 30.7. The van der Waals surface area contributed by atoms with Gasteiger partial charge >= 0.3 is 5.69 Å². The van der Waals surface area contributed by atoms with E-state index in [2.05, 4.69) is 14.7 Å².